The number of benzene rings is 3. The monoisotopic (exact) mass is 499 g/mol. The van der Waals surface area contributed by atoms with Crippen LogP contribution in [0.4, 0.5) is 10.5 Å². The Bertz CT molecular complexity index is 1290. The Morgan fingerprint density at radius 1 is 1.03 bits per heavy atom. The lowest BCUT2D eigenvalue weighted by Gasteiger charge is -2.12. The zero-order valence-electron chi connectivity index (χ0n) is 16.8. The van der Waals surface area contributed by atoms with E-state index in [1.165, 1.54) is 12.1 Å². The summed E-state index contributed by atoms with van der Waals surface area (Å²) >= 11 is 13.1. The summed E-state index contributed by atoms with van der Waals surface area (Å²) in [6.45, 7) is 0.139. The van der Waals surface area contributed by atoms with Crippen molar-refractivity contribution in [1.29, 1.82) is 0 Å². The molecule has 0 atom stereocenters. The fraction of sp³-hybridized carbons (Fsp3) is 0.0417. The molecule has 3 aromatic rings. The van der Waals surface area contributed by atoms with Crippen LogP contribution in [0.15, 0.2) is 71.6 Å². The third-order valence-corrected chi connectivity index (χ3v) is 6.12. The summed E-state index contributed by atoms with van der Waals surface area (Å²) in [6.07, 6.45) is 1.59. The minimum Gasteiger partial charge on any atom is -0.487 e. The summed E-state index contributed by atoms with van der Waals surface area (Å²) < 4.78 is 5.71. The maximum Gasteiger partial charge on any atom is 0.335 e. The number of carbonyl (C=O) groups is 3. The number of ether oxygens (including phenoxy) is 1. The zero-order chi connectivity index (χ0) is 23.5. The number of rotatable bonds is 6. The van der Waals surface area contributed by atoms with Crippen molar-refractivity contribution in [3.8, 4) is 5.75 Å². The highest BCUT2D eigenvalue weighted by Gasteiger charge is 2.36. The summed E-state index contributed by atoms with van der Waals surface area (Å²) in [6, 6.07) is 17.9. The number of thioether (sulfide) groups is 1. The summed E-state index contributed by atoms with van der Waals surface area (Å²) in [4.78, 5) is 37.6. The third kappa shape index (κ3) is 5.22. The smallest absolute Gasteiger partial charge is 0.335 e. The van der Waals surface area contributed by atoms with E-state index in [4.69, 9.17) is 33.0 Å². The van der Waals surface area contributed by atoms with Crippen LogP contribution in [-0.4, -0.2) is 22.2 Å². The zero-order valence-corrected chi connectivity index (χ0v) is 19.2. The molecule has 4 rings (SSSR count). The van der Waals surface area contributed by atoms with Gasteiger partial charge in [0, 0.05) is 5.02 Å². The molecule has 0 saturated carbocycles. The van der Waals surface area contributed by atoms with E-state index in [9.17, 15) is 14.4 Å². The van der Waals surface area contributed by atoms with Crippen LogP contribution in [-0.2, 0) is 11.4 Å². The molecule has 166 valence electrons. The first-order chi connectivity index (χ1) is 15.8. The maximum absolute atomic E-state index is 12.8. The van der Waals surface area contributed by atoms with Gasteiger partial charge in [0.2, 0.25) is 0 Å². The molecule has 33 heavy (non-hydrogen) atoms. The van der Waals surface area contributed by atoms with Gasteiger partial charge >= 0.3 is 5.97 Å². The summed E-state index contributed by atoms with van der Waals surface area (Å²) in [7, 11) is 0. The molecule has 1 aliphatic rings. The van der Waals surface area contributed by atoms with Crippen molar-refractivity contribution in [2.45, 2.75) is 6.61 Å². The van der Waals surface area contributed by atoms with Gasteiger partial charge in [-0.2, -0.15) is 0 Å². The summed E-state index contributed by atoms with van der Waals surface area (Å²) in [5.74, 6) is -1.04. The Kier molecular flexibility index (Phi) is 6.74. The van der Waals surface area contributed by atoms with Crippen LogP contribution in [0.5, 0.6) is 5.75 Å². The largest absolute Gasteiger partial charge is 0.487 e. The average Bonchev–Trinajstić information content (AvgIpc) is 3.07. The van der Waals surface area contributed by atoms with Gasteiger partial charge in [-0.25, -0.2) is 9.69 Å². The molecule has 1 fully saturated rings. The van der Waals surface area contributed by atoms with Crippen molar-refractivity contribution < 1.29 is 24.2 Å². The number of carboxylic acid groups (broad SMARTS) is 1. The van der Waals surface area contributed by atoms with Crippen molar-refractivity contribution >= 4 is 63.8 Å². The van der Waals surface area contributed by atoms with E-state index in [1.807, 2.05) is 0 Å². The highest BCUT2D eigenvalue weighted by molar-refractivity contribution is 8.19. The molecule has 0 radical (unpaired) electrons. The van der Waals surface area contributed by atoms with Crippen LogP contribution in [0.2, 0.25) is 10.0 Å². The minimum atomic E-state index is -1.01. The molecular formula is C24H15Cl2NO5S. The van der Waals surface area contributed by atoms with E-state index >= 15 is 0 Å². The molecule has 6 nitrogen and oxygen atoms in total. The van der Waals surface area contributed by atoms with E-state index in [1.54, 1.807) is 60.7 Å². The first kappa shape index (κ1) is 22.9. The van der Waals surface area contributed by atoms with Gasteiger partial charge in [-0.15, -0.1) is 0 Å². The lowest BCUT2D eigenvalue weighted by Crippen LogP contribution is -2.27. The molecular weight excluding hydrogens is 485 g/mol. The van der Waals surface area contributed by atoms with E-state index in [-0.39, 0.29) is 17.1 Å². The van der Waals surface area contributed by atoms with Gasteiger partial charge in [-0.3, -0.25) is 9.59 Å². The lowest BCUT2D eigenvalue weighted by molar-refractivity contribution is -0.113. The molecule has 0 unspecified atom stereocenters. The van der Waals surface area contributed by atoms with Gasteiger partial charge in [0.25, 0.3) is 11.1 Å². The van der Waals surface area contributed by atoms with Gasteiger partial charge in [0.05, 0.1) is 21.2 Å². The van der Waals surface area contributed by atoms with Crippen molar-refractivity contribution in [3.63, 3.8) is 0 Å². The van der Waals surface area contributed by atoms with Gasteiger partial charge in [0.1, 0.15) is 12.4 Å². The second-order valence-corrected chi connectivity index (χ2v) is 8.81. The molecule has 0 aliphatic carbocycles. The number of imide groups is 1. The highest BCUT2D eigenvalue weighted by atomic mass is 35.5. The van der Waals surface area contributed by atoms with E-state index in [0.29, 0.717) is 32.6 Å². The quantitative estimate of drug-likeness (QED) is 0.389. The molecule has 1 saturated heterocycles. The first-order valence-electron chi connectivity index (χ1n) is 9.60. The number of hydrogen-bond donors (Lipinski definition) is 1. The van der Waals surface area contributed by atoms with Crippen LogP contribution in [0.1, 0.15) is 21.5 Å². The number of carbonyl (C=O) groups excluding carboxylic acids is 2. The second-order valence-electron chi connectivity index (χ2n) is 6.98. The maximum atomic E-state index is 12.8. The second kappa shape index (κ2) is 9.70. The predicted octanol–water partition coefficient (Wildman–Crippen LogP) is 6.51. The Morgan fingerprint density at radius 3 is 2.48 bits per heavy atom. The molecule has 2 amide bonds. The predicted molar refractivity (Wildman–Crippen MR) is 129 cm³/mol. The highest BCUT2D eigenvalue weighted by Crippen LogP contribution is 2.37. The van der Waals surface area contributed by atoms with Gasteiger partial charge in [0.15, 0.2) is 0 Å². The Hall–Kier alpha value is -3.26. The number of nitrogens with zero attached hydrogens (tertiary/aromatic N) is 1. The van der Waals surface area contributed by atoms with E-state index in [0.717, 1.165) is 16.7 Å². The molecule has 1 aliphatic heterocycles. The number of carboxylic acids is 1. The molecule has 0 spiro atoms. The van der Waals surface area contributed by atoms with Crippen molar-refractivity contribution in [3.05, 3.63) is 98.4 Å². The number of hydrogen-bond acceptors (Lipinski definition) is 5. The molecule has 0 bridgehead atoms. The fourth-order valence-electron chi connectivity index (χ4n) is 3.11. The molecule has 0 aromatic heterocycles. The van der Waals surface area contributed by atoms with Crippen LogP contribution in [0.25, 0.3) is 6.08 Å². The Morgan fingerprint density at radius 2 is 1.79 bits per heavy atom. The standard InChI is InChI=1S/C24H15Cl2NO5S/c25-17-5-7-18(8-6-17)27-22(28)21(33-24(27)31)12-14-4-9-20(19(26)11-14)32-13-15-2-1-3-16(10-15)23(29)30/h1-12H,13H2,(H,29,30)/b21-12+. The van der Waals surface area contributed by atoms with Crippen LogP contribution in [0.3, 0.4) is 0 Å². The summed E-state index contributed by atoms with van der Waals surface area (Å²) in [5.41, 5.74) is 1.93. The Balaban J connectivity index is 1.48. The molecule has 1 N–H and O–H groups in total. The number of amides is 2. The SMILES string of the molecule is O=C(O)c1cccc(COc2ccc(/C=C3/SC(=O)N(c4ccc(Cl)cc4)C3=O)cc2Cl)c1. The first-order valence-corrected chi connectivity index (χ1v) is 11.2. The van der Waals surface area contributed by atoms with Crippen molar-refractivity contribution in [2.75, 3.05) is 4.90 Å². The van der Waals surface area contributed by atoms with E-state index in [2.05, 4.69) is 0 Å². The number of anilines is 1. The van der Waals surface area contributed by atoms with Crippen LogP contribution < -0.4 is 9.64 Å². The third-order valence-electron chi connectivity index (χ3n) is 4.70. The topological polar surface area (TPSA) is 83.9 Å². The lowest BCUT2D eigenvalue weighted by atomic mass is 10.1. The molecule has 3 aromatic carbocycles. The van der Waals surface area contributed by atoms with Crippen LogP contribution in [0, 0.1) is 0 Å². The van der Waals surface area contributed by atoms with Gasteiger partial charge < -0.3 is 9.84 Å². The number of halogens is 2. The minimum absolute atomic E-state index is 0.139. The molecule has 9 heteroatoms. The van der Waals surface area contributed by atoms with Gasteiger partial charge in [-0.05, 0) is 77.5 Å². The van der Waals surface area contributed by atoms with Crippen LogP contribution >= 0.6 is 35.0 Å². The van der Waals surface area contributed by atoms with Crippen molar-refractivity contribution in [1.82, 2.24) is 0 Å². The van der Waals surface area contributed by atoms with Crippen molar-refractivity contribution in [2.24, 2.45) is 0 Å². The Labute approximate surface area is 203 Å². The van der Waals surface area contributed by atoms with E-state index < -0.39 is 17.1 Å². The average molecular weight is 500 g/mol. The number of aromatic carboxylic acids is 1. The fourth-order valence-corrected chi connectivity index (χ4v) is 4.32. The molecule has 1 heterocycles. The van der Waals surface area contributed by atoms with Gasteiger partial charge in [-0.1, -0.05) is 41.4 Å². The normalized spacial score (nSPS) is 14.7. The summed E-state index contributed by atoms with van der Waals surface area (Å²) in [5, 5.41) is 9.51.